The third kappa shape index (κ3) is 3.03. The molecule has 0 aliphatic carbocycles. The lowest BCUT2D eigenvalue weighted by molar-refractivity contribution is -0.384. The van der Waals surface area contributed by atoms with Gasteiger partial charge in [0.1, 0.15) is 11.8 Å². The van der Waals surface area contributed by atoms with Crippen LogP contribution in [0.5, 0.6) is 0 Å². The second kappa shape index (κ2) is 5.87. The second-order valence-corrected chi connectivity index (χ2v) is 5.05. The first-order chi connectivity index (χ1) is 11.0. The van der Waals surface area contributed by atoms with E-state index in [9.17, 15) is 10.1 Å². The first-order valence-corrected chi connectivity index (χ1v) is 6.98. The molecule has 3 heterocycles. The molecule has 0 fully saturated rings. The molecule has 0 saturated heterocycles. The van der Waals surface area contributed by atoms with Crippen LogP contribution in [-0.4, -0.2) is 30.8 Å². The van der Waals surface area contributed by atoms with Crippen molar-refractivity contribution in [2.75, 3.05) is 17.6 Å². The van der Waals surface area contributed by atoms with Crippen molar-refractivity contribution in [2.45, 2.75) is 13.3 Å². The highest BCUT2D eigenvalue weighted by atomic mass is 16.6. The standard InChI is InChI=1S/C14H15N7O2/c1-9-3-2-6-20-8-10(18-13(9)20)4-5-16-14-17-7-11(21(22)23)12(15)19-14/h2-3,6-8H,4-5H2,1H3,(H3,15,16,17,19). The number of nitrogen functional groups attached to an aromatic ring is 1. The zero-order valence-electron chi connectivity index (χ0n) is 12.4. The maximum absolute atomic E-state index is 10.7. The summed E-state index contributed by atoms with van der Waals surface area (Å²) in [6, 6.07) is 3.98. The fraction of sp³-hybridized carbons (Fsp3) is 0.214. The molecule has 3 aromatic rings. The van der Waals surface area contributed by atoms with Gasteiger partial charge in [-0.25, -0.2) is 9.97 Å². The first-order valence-electron chi connectivity index (χ1n) is 6.98. The van der Waals surface area contributed by atoms with E-state index in [1.165, 1.54) is 0 Å². The molecular weight excluding hydrogens is 298 g/mol. The largest absolute Gasteiger partial charge is 0.378 e. The highest BCUT2D eigenvalue weighted by molar-refractivity contribution is 5.53. The number of rotatable bonds is 5. The Morgan fingerprint density at radius 3 is 2.96 bits per heavy atom. The molecule has 3 aromatic heterocycles. The number of nitrogens with zero attached hydrogens (tertiary/aromatic N) is 5. The molecule has 0 amide bonds. The van der Waals surface area contributed by atoms with Gasteiger partial charge in [-0.1, -0.05) is 6.07 Å². The molecule has 23 heavy (non-hydrogen) atoms. The van der Waals surface area contributed by atoms with Crippen molar-refractivity contribution >= 4 is 23.1 Å². The van der Waals surface area contributed by atoms with Crippen LogP contribution < -0.4 is 11.1 Å². The van der Waals surface area contributed by atoms with Crippen molar-refractivity contribution in [3.63, 3.8) is 0 Å². The number of nitrogens with two attached hydrogens (primary N) is 1. The monoisotopic (exact) mass is 313 g/mol. The van der Waals surface area contributed by atoms with Gasteiger partial charge in [-0.3, -0.25) is 10.1 Å². The lowest BCUT2D eigenvalue weighted by atomic mass is 10.3. The van der Waals surface area contributed by atoms with Crippen molar-refractivity contribution in [1.29, 1.82) is 0 Å². The van der Waals surface area contributed by atoms with E-state index in [1.54, 1.807) is 0 Å². The normalized spacial score (nSPS) is 10.8. The molecule has 9 nitrogen and oxygen atoms in total. The number of nitro groups is 1. The number of anilines is 2. The molecule has 0 aliphatic heterocycles. The van der Waals surface area contributed by atoms with Crippen molar-refractivity contribution in [1.82, 2.24) is 19.4 Å². The van der Waals surface area contributed by atoms with Crippen LogP contribution in [0.15, 0.2) is 30.7 Å². The fourth-order valence-electron chi connectivity index (χ4n) is 2.24. The number of hydrogen-bond donors (Lipinski definition) is 2. The average molecular weight is 313 g/mol. The third-order valence-electron chi connectivity index (χ3n) is 3.39. The maximum Gasteiger partial charge on any atom is 0.329 e. The summed E-state index contributed by atoms with van der Waals surface area (Å²) in [5.74, 6) is 0.101. The van der Waals surface area contributed by atoms with Crippen LogP contribution in [0.4, 0.5) is 17.5 Å². The van der Waals surface area contributed by atoms with E-state index in [-0.39, 0.29) is 17.5 Å². The Morgan fingerprint density at radius 2 is 2.26 bits per heavy atom. The van der Waals surface area contributed by atoms with Gasteiger partial charge in [-0.15, -0.1) is 0 Å². The fourth-order valence-corrected chi connectivity index (χ4v) is 2.24. The number of fused-ring (bicyclic) bond motifs is 1. The Kier molecular flexibility index (Phi) is 3.75. The molecule has 3 N–H and O–H groups in total. The van der Waals surface area contributed by atoms with Crippen LogP contribution in [0.3, 0.4) is 0 Å². The molecule has 0 spiro atoms. The summed E-state index contributed by atoms with van der Waals surface area (Å²) in [6.07, 6.45) is 5.68. The van der Waals surface area contributed by atoms with E-state index < -0.39 is 4.92 Å². The van der Waals surface area contributed by atoms with E-state index in [1.807, 2.05) is 35.9 Å². The minimum atomic E-state index is -0.613. The van der Waals surface area contributed by atoms with Crippen LogP contribution in [0.25, 0.3) is 5.65 Å². The lowest BCUT2D eigenvalue weighted by Crippen LogP contribution is -2.10. The van der Waals surface area contributed by atoms with Crippen LogP contribution in [0.1, 0.15) is 11.3 Å². The number of imidazole rings is 1. The Labute approximate surface area is 131 Å². The van der Waals surface area contributed by atoms with Gasteiger partial charge >= 0.3 is 5.69 Å². The minimum Gasteiger partial charge on any atom is -0.378 e. The van der Waals surface area contributed by atoms with Gasteiger partial charge in [0.15, 0.2) is 0 Å². The number of pyridine rings is 1. The van der Waals surface area contributed by atoms with Gasteiger partial charge < -0.3 is 15.5 Å². The van der Waals surface area contributed by atoms with Gasteiger partial charge in [0.25, 0.3) is 0 Å². The molecule has 0 radical (unpaired) electrons. The predicted molar refractivity (Wildman–Crippen MR) is 85.2 cm³/mol. The van der Waals surface area contributed by atoms with Crippen LogP contribution >= 0.6 is 0 Å². The lowest BCUT2D eigenvalue weighted by Gasteiger charge is -2.03. The zero-order chi connectivity index (χ0) is 16.4. The van der Waals surface area contributed by atoms with Crippen molar-refractivity contribution in [2.24, 2.45) is 0 Å². The number of aromatic nitrogens is 4. The Hall–Kier alpha value is -3.23. The van der Waals surface area contributed by atoms with E-state index >= 15 is 0 Å². The highest BCUT2D eigenvalue weighted by Gasteiger charge is 2.14. The summed E-state index contributed by atoms with van der Waals surface area (Å²) in [7, 11) is 0. The summed E-state index contributed by atoms with van der Waals surface area (Å²) in [4.78, 5) is 22.4. The summed E-state index contributed by atoms with van der Waals surface area (Å²) >= 11 is 0. The molecule has 0 aliphatic rings. The zero-order valence-corrected chi connectivity index (χ0v) is 12.4. The summed E-state index contributed by atoms with van der Waals surface area (Å²) in [5.41, 5.74) is 8.20. The SMILES string of the molecule is Cc1cccn2cc(CCNc3ncc([N+](=O)[O-])c(N)n3)nc12. The van der Waals surface area contributed by atoms with Crippen molar-refractivity contribution < 1.29 is 4.92 Å². The van der Waals surface area contributed by atoms with Crippen molar-refractivity contribution in [3.8, 4) is 0 Å². The quantitative estimate of drug-likeness (QED) is 0.541. The molecule has 0 bridgehead atoms. The van der Waals surface area contributed by atoms with Gasteiger partial charge in [-0.05, 0) is 18.6 Å². The van der Waals surface area contributed by atoms with E-state index in [4.69, 9.17) is 5.73 Å². The van der Waals surface area contributed by atoms with Gasteiger partial charge in [0.2, 0.25) is 11.8 Å². The third-order valence-corrected chi connectivity index (χ3v) is 3.39. The van der Waals surface area contributed by atoms with E-state index in [0.29, 0.717) is 13.0 Å². The Bertz CT molecular complexity index is 875. The predicted octanol–water partition coefficient (Wildman–Crippen LogP) is 1.58. The summed E-state index contributed by atoms with van der Waals surface area (Å²) in [5, 5.41) is 13.6. The van der Waals surface area contributed by atoms with E-state index in [0.717, 1.165) is 23.1 Å². The van der Waals surface area contributed by atoms with Gasteiger partial charge in [-0.2, -0.15) is 4.98 Å². The smallest absolute Gasteiger partial charge is 0.329 e. The molecule has 9 heteroatoms. The molecular formula is C14H15N7O2. The summed E-state index contributed by atoms with van der Waals surface area (Å²) in [6.45, 7) is 2.55. The van der Waals surface area contributed by atoms with Crippen LogP contribution in [-0.2, 0) is 6.42 Å². The first kappa shape index (κ1) is 14.7. The van der Waals surface area contributed by atoms with E-state index in [2.05, 4.69) is 20.3 Å². The Morgan fingerprint density at radius 1 is 1.43 bits per heavy atom. The van der Waals surface area contributed by atoms with Gasteiger partial charge in [0, 0.05) is 25.4 Å². The van der Waals surface area contributed by atoms with Gasteiger partial charge in [0.05, 0.1) is 10.6 Å². The molecule has 118 valence electrons. The average Bonchev–Trinajstić information content (AvgIpc) is 2.91. The molecule has 0 saturated carbocycles. The summed E-state index contributed by atoms with van der Waals surface area (Å²) < 4.78 is 1.98. The molecule has 3 rings (SSSR count). The van der Waals surface area contributed by atoms with Crippen molar-refractivity contribution in [3.05, 3.63) is 52.1 Å². The second-order valence-electron chi connectivity index (χ2n) is 5.05. The minimum absolute atomic E-state index is 0.157. The van der Waals surface area contributed by atoms with Crippen LogP contribution in [0.2, 0.25) is 0 Å². The molecule has 0 aromatic carbocycles. The van der Waals surface area contributed by atoms with Crippen LogP contribution in [0, 0.1) is 17.0 Å². The number of aryl methyl sites for hydroxylation is 1. The topological polar surface area (TPSA) is 124 Å². The number of hydrogen-bond acceptors (Lipinski definition) is 7. The molecule has 0 unspecified atom stereocenters. The molecule has 0 atom stereocenters. The Balaban J connectivity index is 1.65. The highest BCUT2D eigenvalue weighted by Crippen LogP contribution is 2.18. The number of nitrogens with one attached hydrogen (secondary N) is 1. The maximum atomic E-state index is 10.7.